The number of aromatic nitrogens is 2. The van der Waals surface area contributed by atoms with Crippen LogP contribution in [-0.4, -0.2) is 33.1 Å². The fourth-order valence-corrected chi connectivity index (χ4v) is 2.58. The molecular weight excluding hydrogens is 294 g/mol. The summed E-state index contributed by atoms with van der Waals surface area (Å²) in [6.07, 6.45) is 1.76. The number of thiophene rings is 1. The molecule has 21 heavy (non-hydrogen) atoms. The molecule has 0 aliphatic heterocycles. The van der Waals surface area contributed by atoms with E-state index in [1.54, 1.807) is 18.4 Å². The third-order valence-corrected chi connectivity index (χ3v) is 3.97. The first kappa shape index (κ1) is 15.2. The summed E-state index contributed by atoms with van der Waals surface area (Å²) in [6.45, 7) is 1.62. The van der Waals surface area contributed by atoms with Gasteiger partial charge in [0.1, 0.15) is 11.4 Å². The van der Waals surface area contributed by atoms with Crippen LogP contribution < -0.4 is 10.9 Å². The van der Waals surface area contributed by atoms with Crippen molar-refractivity contribution in [1.82, 2.24) is 14.9 Å². The van der Waals surface area contributed by atoms with Gasteiger partial charge < -0.3 is 10.4 Å². The van der Waals surface area contributed by atoms with E-state index >= 15 is 0 Å². The number of carboxylic acids is 1. The number of carboxylic acid groups (broad SMARTS) is 1. The molecule has 0 saturated heterocycles. The van der Waals surface area contributed by atoms with Crippen LogP contribution in [0.15, 0.2) is 22.6 Å². The molecule has 2 N–H and O–H groups in total. The van der Waals surface area contributed by atoms with Crippen molar-refractivity contribution in [3.8, 4) is 0 Å². The monoisotopic (exact) mass is 309 g/mol. The molecule has 1 amide bonds. The lowest BCUT2D eigenvalue weighted by Gasteiger charge is -2.11. The van der Waals surface area contributed by atoms with Gasteiger partial charge in [0.05, 0.1) is 17.6 Å². The summed E-state index contributed by atoms with van der Waals surface area (Å²) in [5, 5.41) is 13.7. The van der Waals surface area contributed by atoms with Gasteiger partial charge in [-0.2, -0.15) is 0 Å². The van der Waals surface area contributed by atoms with Gasteiger partial charge in [0.2, 0.25) is 5.91 Å². The number of fused-ring (bicyclic) bond motifs is 1. The number of rotatable bonds is 6. The molecule has 0 aliphatic rings. The second-order valence-corrected chi connectivity index (χ2v) is 5.46. The number of nitrogens with zero attached hydrogens (tertiary/aromatic N) is 2. The van der Waals surface area contributed by atoms with E-state index in [9.17, 15) is 14.4 Å². The number of aliphatic carboxylic acids is 1. The summed E-state index contributed by atoms with van der Waals surface area (Å²) in [5.74, 6) is -1.98. The average molecular weight is 309 g/mol. The van der Waals surface area contributed by atoms with E-state index in [-0.39, 0.29) is 18.6 Å². The van der Waals surface area contributed by atoms with Crippen molar-refractivity contribution >= 4 is 33.4 Å². The minimum absolute atomic E-state index is 0.0491. The number of amides is 1. The Morgan fingerprint density at radius 1 is 1.52 bits per heavy atom. The van der Waals surface area contributed by atoms with Crippen LogP contribution in [0.4, 0.5) is 0 Å². The number of carbonyl (C=O) groups is 2. The molecule has 0 spiro atoms. The topological polar surface area (TPSA) is 101 Å². The zero-order valence-electron chi connectivity index (χ0n) is 11.4. The van der Waals surface area contributed by atoms with Gasteiger partial charge in [-0.3, -0.25) is 19.0 Å². The molecule has 0 fully saturated rings. The smallest absolute Gasteiger partial charge is 0.308 e. The Morgan fingerprint density at radius 3 is 2.95 bits per heavy atom. The fraction of sp³-hybridized carbons (Fsp3) is 0.385. The van der Waals surface area contributed by atoms with Crippen LogP contribution in [0.1, 0.15) is 13.3 Å². The highest BCUT2D eigenvalue weighted by molar-refractivity contribution is 7.16. The molecule has 1 atom stereocenters. The van der Waals surface area contributed by atoms with Crippen LogP contribution in [0, 0.1) is 5.92 Å². The average Bonchev–Trinajstić information content (AvgIpc) is 2.91. The first-order valence-corrected chi connectivity index (χ1v) is 7.33. The van der Waals surface area contributed by atoms with Crippen molar-refractivity contribution in [3.05, 3.63) is 28.1 Å². The molecule has 0 bridgehead atoms. The van der Waals surface area contributed by atoms with Crippen molar-refractivity contribution < 1.29 is 14.7 Å². The number of hydrogen-bond donors (Lipinski definition) is 2. The van der Waals surface area contributed by atoms with Crippen LogP contribution in [0.3, 0.4) is 0 Å². The molecule has 2 aromatic heterocycles. The molecule has 112 valence electrons. The number of hydrogen-bond acceptors (Lipinski definition) is 5. The van der Waals surface area contributed by atoms with Crippen molar-refractivity contribution in [2.45, 2.75) is 19.9 Å². The molecule has 2 rings (SSSR count). The quantitative estimate of drug-likeness (QED) is 0.817. The van der Waals surface area contributed by atoms with Crippen molar-refractivity contribution in [1.29, 1.82) is 0 Å². The molecular formula is C13H15N3O4S. The predicted octanol–water partition coefficient (Wildman–Crippen LogP) is 0.685. The standard InChI is InChI=1S/C13H15N3O4S/c1-2-8(13(19)20)5-14-10(17)6-16-7-15-11-9(12(16)18)3-4-21-11/h3-4,7-8H,2,5-6H2,1H3,(H,14,17)(H,19,20). The number of carbonyl (C=O) groups excluding carboxylic acids is 1. The van der Waals surface area contributed by atoms with E-state index in [4.69, 9.17) is 5.11 Å². The van der Waals surface area contributed by atoms with E-state index in [1.807, 2.05) is 0 Å². The van der Waals surface area contributed by atoms with E-state index in [1.165, 1.54) is 22.2 Å². The zero-order valence-corrected chi connectivity index (χ0v) is 12.2. The van der Waals surface area contributed by atoms with Gasteiger partial charge in [-0.15, -0.1) is 11.3 Å². The Morgan fingerprint density at radius 2 is 2.29 bits per heavy atom. The van der Waals surface area contributed by atoms with E-state index in [0.717, 1.165) is 0 Å². The van der Waals surface area contributed by atoms with Gasteiger partial charge >= 0.3 is 5.97 Å². The largest absolute Gasteiger partial charge is 0.481 e. The van der Waals surface area contributed by atoms with Crippen LogP contribution in [0.5, 0.6) is 0 Å². The minimum atomic E-state index is -0.948. The third-order valence-electron chi connectivity index (χ3n) is 3.15. The summed E-state index contributed by atoms with van der Waals surface area (Å²) < 4.78 is 1.21. The second-order valence-electron chi connectivity index (χ2n) is 4.56. The molecule has 0 aromatic carbocycles. The minimum Gasteiger partial charge on any atom is -0.481 e. The molecule has 0 saturated carbocycles. The second kappa shape index (κ2) is 6.49. The summed E-state index contributed by atoms with van der Waals surface area (Å²) in [4.78, 5) is 39.5. The first-order valence-electron chi connectivity index (χ1n) is 6.45. The van der Waals surface area contributed by atoms with Crippen molar-refractivity contribution in [2.24, 2.45) is 5.92 Å². The van der Waals surface area contributed by atoms with Gasteiger partial charge in [-0.1, -0.05) is 6.92 Å². The Kier molecular flexibility index (Phi) is 4.69. The summed E-state index contributed by atoms with van der Waals surface area (Å²) in [7, 11) is 0. The Bertz CT molecular complexity index is 722. The maximum Gasteiger partial charge on any atom is 0.308 e. The van der Waals surface area contributed by atoms with E-state index in [2.05, 4.69) is 10.3 Å². The summed E-state index contributed by atoms with van der Waals surface area (Å²) >= 11 is 1.36. The van der Waals surface area contributed by atoms with E-state index in [0.29, 0.717) is 16.6 Å². The Hall–Kier alpha value is -2.22. The molecule has 0 aliphatic carbocycles. The van der Waals surface area contributed by atoms with Gasteiger partial charge in [0.25, 0.3) is 5.56 Å². The third kappa shape index (κ3) is 3.46. The van der Waals surface area contributed by atoms with Gasteiger partial charge in [-0.25, -0.2) is 4.98 Å². The summed E-state index contributed by atoms with van der Waals surface area (Å²) in [5.41, 5.74) is -0.276. The molecule has 1 unspecified atom stereocenters. The van der Waals surface area contributed by atoms with Crippen LogP contribution >= 0.6 is 11.3 Å². The number of nitrogens with one attached hydrogen (secondary N) is 1. The highest BCUT2D eigenvalue weighted by Gasteiger charge is 2.16. The Labute approximate surface area is 124 Å². The van der Waals surface area contributed by atoms with Crippen molar-refractivity contribution in [2.75, 3.05) is 6.54 Å². The van der Waals surface area contributed by atoms with Gasteiger partial charge in [0, 0.05) is 6.54 Å². The van der Waals surface area contributed by atoms with Crippen molar-refractivity contribution in [3.63, 3.8) is 0 Å². The lowest BCUT2D eigenvalue weighted by atomic mass is 10.1. The predicted molar refractivity (Wildman–Crippen MR) is 78.3 cm³/mol. The van der Waals surface area contributed by atoms with Crippen LogP contribution in [0.2, 0.25) is 0 Å². The first-order chi connectivity index (χ1) is 10.0. The SMILES string of the molecule is CCC(CNC(=O)Cn1cnc2sccc2c1=O)C(=O)O. The summed E-state index contributed by atoms with van der Waals surface area (Å²) in [6, 6.07) is 1.67. The molecule has 0 radical (unpaired) electrons. The fourth-order valence-electron chi connectivity index (χ4n) is 1.86. The highest BCUT2D eigenvalue weighted by atomic mass is 32.1. The zero-order chi connectivity index (χ0) is 15.4. The Balaban J connectivity index is 2.03. The maximum absolute atomic E-state index is 12.1. The maximum atomic E-state index is 12.1. The highest BCUT2D eigenvalue weighted by Crippen LogP contribution is 2.13. The molecule has 7 nitrogen and oxygen atoms in total. The molecule has 2 aromatic rings. The lowest BCUT2D eigenvalue weighted by Crippen LogP contribution is -2.36. The normalized spacial score (nSPS) is 12.2. The van der Waals surface area contributed by atoms with E-state index < -0.39 is 17.8 Å². The van der Waals surface area contributed by atoms with Crippen LogP contribution in [0.25, 0.3) is 10.2 Å². The lowest BCUT2D eigenvalue weighted by molar-refractivity contribution is -0.141. The van der Waals surface area contributed by atoms with Crippen LogP contribution in [-0.2, 0) is 16.1 Å². The van der Waals surface area contributed by atoms with Gasteiger partial charge in [0.15, 0.2) is 0 Å². The molecule has 2 heterocycles. The van der Waals surface area contributed by atoms with Gasteiger partial charge in [-0.05, 0) is 17.9 Å². The molecule has 8 heteroatoms.